The zero-order valence-electron chi connectivity index (χ0n) is 17.6. The maximum absolute atomic E-state index is 12.6. The first-order valence-corrected chi connectivity index (χ1v) is 9.99. The van der Waals surface area contributed by atoms with Crippen LogP contribution in [-0.2, 0) is 18.3 Å². The summed E-state index contributed by atoms with van der Waals surface area (Å²) in [6.45, 7) is 2.00. The Kier molecular flexibility index (Phi) is 5.80. The van der Waals surface area contributed by atoms with Gasteiger partial charge in [0, 0.05) is 30.8 Å². The van der Waals surface area contributed by atoms with Crippen LogP contribution >= 0.6 is 0 Å². The number of hydrogen-bond acceptors (Lipinski definition) is 6. The van der Waals surface area contributed by atoms with Gasteiger partial charge < -0.3 is 4.42 Å². The van der Waals surface area contributed by atoms with Gasteiger partial charge in [0.25, 0.3) is 11.5 Å². The van der Waals surface area contributed by atoms with Crippen LogP contribution in [0.3, 0.4) is 0 Å². The molecule has 2 heterocycles. The minimum atomic E-state index is -0.622. The Morgan fingerprint density at radius 3 is 2.50 bits per heavy atom. The lowest BCUT2D eigenvalue weighted by atomic mass is 10.1. The Bertz CT molecular complexity index is 1360. The van der Waals surface area contributed by atoms with Gasteiger partial charge in [-0.25, -0.2) is 9.67 Å². The monoisotopic (exact) mass is 431 g/mol. The van der Waals surface area contributed by atoms with E-state index in [0.29, 0.717) is 22.4 Å². The molecule has 0 aliphatic heterocycles. The summed E-state index contributed by atoms with van der Waals surface area (Å²) in [7, 11) is 1.46. The van der Waals surface area contributed by atoms with E-state index in [0.717, 1.165) is 15.8 Å². The maximum Gasteiger partial charge on any atom is 0.290 e. The number of nitrogens with zero attached hydrogens (tertiary/aromatic N) is 3. The number of rotatable bonds is 5. The van der Waals surface area contributed by atoms with Crippen LogP contribution in [0.15, 0.2) is 63.9 Å². The number of benzene rings is 2. The molecule has 2 N–H and O–H groups in total. The summed E-state index contributed by atoms with van der Waals surface area (Å²) in [5.74, 6) is 0.0135. The van der Waals surface area contributed by atoms with Gasteiger partial charge in [0.05, 0.1) is 11.6 Å². The highest BCUT2D eigenvalue weighted by Gasteiger charge is 2.16. The largest absolute Gasteiger partial charge is 0.441 e. The van der Waals surface area contributed by atoms with Gasteiger partial charge in [-0.15, -0.1) is 0 Å². The fraction of sp³-hybridized carbons (Fsp3) is 0.174. The van der Waals surface area contributed by atoms with Crippen molar-refractivity contribution in [1.82, 2.24) is 25.6 Å². The molecule has 0 saturated carbocycles. The lowest BCUT2D eigenvalue weighted by molar-refractivity contribution is -0.121. The lowest BCUT2D eigenvalue weighted by Crippen LogP contribution is -2.42. The van der Waals surface area contributed by atoms with Gasteiger partial charge in [0.15, 0.2) is 17.3 Å². The predicted molar refractivity (Wildman–Crippen MR) is 118 cm³/mol. The van der Waals surface area contributed by atoms with Crippen molar-refractivity contribution in [2.45, 2.75) is 19.8 Å². The standard InChI is InChI=1S/C23H21N5O4/c1-14-7-9-15(10-8-14)18-13-24-20(32-18)12-11-19(29)25-26-22(30)21-16-5-3-4-6-17(16)23(31)28(2)27-21/h3-10,13H,11-12H2,1-2H3,(H,25,29)(H,26,30). The SMILES string of the molecule is Cc1ccc(-c2cnc(CCC(=O)NNC(=O)c3nn(C)c(=O)c4ccccc34)o2)cc1. The topological polar surface area (TPSA) is 119 Å². The van der Waals surface area contributed by atoms with Crippen molar-refractivity contribution < 1.29 is 14.0 Å². The summed E-state index contributed by atoms with van der Waals surface area (Å²) < 4.78 is 6.80. The number of hydrogen-bond donors (Lipinski definition) is 2. The van der Waals surface area contributed by atoms with Crippen LogP contribution in [0.1, 0.15) is 28.4 Å². The van der Waals surface area contributed by atoms with Crippen LogP contribution in [0.4, 0.5) is 0 Å². The van der Waals surface area contributed by atoms with Crippen molar-refractivity contribution in [1.29, 1.82) is 0 Å². The first kappa shape index (κ1) is 21.0. The van der Waals surface area contributed by atoms with Gasteiger partial charge in [-0.05, 0) is 13.0 Å². The van der Waals surface area contributed by atoms with Gasteiger partial charge in [-0.3, -0.25) is 25.2 Å². The van der Waals surface area contributed by atoms with Crippen molar-refractivity contribution in [3.63, 3.8) is 0 Å². The summed E-state index contributed by atoms with van der Waals surface area (Å²) in [4.78, 5) is 41.1. The van der Waals surface area contributed by atoms with Crippen molar-refractivity contribution in [3.8, 4) is 11.3 Å². The molecular formula is C23H21N5O4. The second kappa shape index (κ2) is 8.84. The van der Waals surface area contributed by atoms with Gasteiger partial charge in [0.2, 0.25) is 5.91 Å². The molecular weight excluding hydrogens is 410 g/mol. The van der Waals surface area contributed by atoms with E-state index in [9.17, 15) is 14.4 Å². The highest BCUT2D eigenvalue weighted by atomic mass is 16.4. The predicted octanol–water partition coefficient (Wildman–Crippen LogP) is 2.29. The number of fused-ring (bicyclic) bond motifs is 1. The molecule has 0 saturated heterocycles. The number of carbonyl (C=O) groups excluding carboxylic acids is 2. The van der Waals surface area contributed by atoms with E-state index in [4.69, 9.17) is 4.42 Å². The molecule has 9 nitrogen and oxygen atoms in total. The van der Waals surface area contributed by atoms with E-state index in [1.54, 1.807) is 30.5 Å². The quantitative estimate of drug-likeness (QED) is 0.468. The molecule has 0 radical (unpaired) electrons. The molecule has 4 aromatic rings. The van der Waals surface area contributed by atoms with Crippen LogP contribution in [0.25, 0.3) is 22.1 Å². The normalized spacial score (nSPS) is 10.8. The molecule has 2 amide bonds. The summed E-state index contributed by atoms with van der Waals surface area (Å²) in [5, 5.41) is 4.80. The molecule has 2 aromatic heterocycles. The zero-order chi connectivity index (χ0) is 22.7. The van der Waals surface area contributed by atoms with Crippen LogP contribution < -0.4 is 16.4 Å². The third-order valence-electron chi connectivity index (χ3n) is 4.94. The Labute approximate surface area is 183 Å². The second-order valence-electron chi connectivity index (χ2n) is 7.31. The molecule has 0 atom stereocenters. The minimum absolute atomic E-state index is 0.0402. The Morgan fingerprint density at radius 1 is 1.03 bits per heavy atom. The van der Waals surface area contributed by atoms with Gasteiger partial charge in [-0.1, -0.05) is 48.0 Å². The van der Waals surface area contributed by atoms with Gasteiger partial charge in [0.1, 0.15) is 0 Å². The smallest absolute Gasteiger partial charge is 0.290 e. The molecule has 2 aromatic carbocycles. The van der Waals surface area contributed by atoms with Crippen molar-refractivity contribution in [3.05, 3.63) is 82.2 Å². The number of carbonyl (C=O) groups is 2. The molecule has 0 spiro atoms. The molecule has 0 fully saturated rings. The Balaban J connectivity index is 1.35. The Hall–Kier alpha value is -4.27. The number of aromatic nitrogens is 3. The number of hydrazine groups is 1. The summed E-state index contributed by atoms with van der Waals surface area (Å²) in [5.41, 5.74) is 6.49. The Morgan fingerprint density at radius 2 is 1.75 bits per heavy atom. The minimum Gasteiger partial charge on any atom is -0.441 e. The molecule has 9 heteroatoms. The summed E-state index contributed by atoms with van der Waals surface area (Å²) >= 11 is 0. The van der Waals surface area contributed by atoms with E-state index in [1.165, 1.54) is 7.05 Å². The van der Waals surface area contributed by atoms with Crippen molar-refractivity contribution >= 4 is 22.6 Å². The maximum atomic E-state index is 12.6. The lowest BCUT2D eigenvalue weighted by Gasteiger charge is -2.09. The van der Waals surface area contributed by atoms with E-state index >= 15 is 0 Å². The summed E-state index contributed by atoms with van der Waals surface area (Å²) in [6, 6.07) is 14.5. The van der Waals surface area contributed by atoms with E-state index in [-0.39, 0.29) is 24.1 Å². The van der Waals surface area contributed by atoms with Crippen molar-refractivity contribution in [2.75, 3.05) is 0 Å². The van der Waals surface area contributed by atoms with Crippen LogP contribution in [0.5, 0.6) is 0 Å². The van der Waals surface area contributed by atoms with E-state index < -0.39 is 11.8 Å². The first-order chi connectivity index (χ1) is 15.4. The third-order valence-corrected chi connectivity index (χ3v) is 4.94. The molecule has 32 heavy (non-hydrogen) atoms. The molecule has 0 bridgehead atoms. The third kappa shape index (κ3) is 4.41. The average molecular weight is 431 g/mol. The van der Waals surface area contributed by atoms with Gasteiger partial charge >= 0.3 is 0 Å². The molecule has 0 aliphatic rings. The average Bonchev–Trinajstić information content (AvgIpc) is 3.28. The summed E-state index contributed by atoms with van der Waals surface area (Å²) in [6.07, 6.45) is 1.96. The number of nitrogens with one attached hydrogen (secondary N) is 2. The number of oxazole rings is 1. The van der Waals surface area contributed by atoms with Gasteiger partial charge in [-0.2, -0.15) is 5.10 Å². The zero-order valence-corrected chi connectivity index (χ0v) is 17.6. The highest BCUT2D eigenvalue weighted by Crippen LogP contribution is 2.21. The van der Waals surface area contributed by atoms with Crippen LogP contribution in [0.2, 0.25) is 0 Å². The molecule has 0 aliphatic carbocycles. The second-order valence-corrected chi connectivity index (χ2v) is 7.31. The van der Waals surface area contributed by atoms with Crippen molar-refractivity contribution in [2.24, 2.45) is 7.05 Å². The fourth-order valence-corrected chi connectivity index (χ4v) is 3.21. The fourth-order valence-electron chi connectivity index (χ4n) is 3.21. The van der Waals surface area contributed by atoms with Crippen LogP contribution in [0, 0.1) is 6.92 Å². The molecule has 0 unspecified atom stereocenters. The van der Waals surface area contributed by atoms with E-state index in [1.807, 2.05) is 31.2 Å². The van der Waals surface area contributed by atoms with E-state index in [2.05, 4.69) is 20.9 Å². The first-order valence-electron chi connectivity index (χ1n) is 9.99. The highest BCUT2D eigenvalue weighted by molar-refractivity contribution is 6.05. The molecule has 162 valence electrons. The number of amides is 2. The molecule has 4 rings (SSSR count). The van der Waals surface area contributed by atoms with Crippen LogP contribution in [-0.4, -0.2) is 26.6 Å². The number of aryl methyl sites for hydroxylation is 3.